The summed E-state index contributed by atoms with van der Waals surface area (Å²) < 4.78 is 7.75. The molecular formula is C19H14Cl2N4O. The monoisotopic (exact) mass is 384 g/mol. The fourth-order valence-electron chi connectivity index (χ4n) is 2.69. The summed E-state index contributed by atoms with van der Waals surface area (Å²) in [6, 6.07) is 15.5. The third-order valence-electron chi connectivity index (χ3n) is 3.96. The minimum Gasteiger partial charge on any atom is -0.477 e. The molecule has 2 aromatic carbocycles. The average Bonchev–Trinajstić information content (AvgIpc) is 3.10. The summed E-state index contributed by atoms with van der Waals surface area (Å²) in [6.07, 6.45) is 4.05. The van der Waals surface area contributed by atoms with Crippen LogP contribution in [0.5, 0.6) is 5.88 Å². The minimum absolute atomic E-state index is 0.426. The van der Waals surface area contributed by atoms with Crippen molar-refractivity contribution in [2.45, 2.75) is 6.42 Å². The first kappa shape index (κ1) is 16.8. The van der Waals surface area contributed by atoms with Crippen LogP contribution in [0.1, 0.15) is 5.56 Å². The fraction of sp³-hybridized carbons (Fsp3) is 0.105. The number of nitrogens with zero attached hydrogens (tertiary/aromatic N) is 4. The van der Waals surface area contributed by atoms with E-state index in [2.05, 4.69) is 27.3 Å². The van der Waals surface area contributed by atoms with Crippen LogP contribution in [0.15, 0.2) is 60.9 Å². The number of aromatic nitrogens is 4. The maximum atomic E-state index is 6.35. The largest absolute Gasteiger partial charge is 0.477 e. The van der Waals surface area contributed by atoms with Crippen LogP contribution >= 0.6 is 23.2 Å². The van der Waals surface area contributed by atoms with Crippen LogP contribution in [-0.4, -0.2) is 26.2 Å². The molecule has 0 saturated heterocycles. The lowest BCUT2D eigenvalue weighted by Gasteiger charge is -2.10. The minimum atomic E-state index is 0.426. The summed E-state index contributed by atoms with van der Waals surface area (Å²) in [5, 5.41) is 9.29. The van der Waals surface area contributed by atoms with Gasteiger partial charge in [-0.2, -0.15) is 0 Å². The summed E-state index contributed by atoms with van der Waals surface area (Å²) in [6.45, 7) is 0.506. The molecule has 0 bridgehead atoms. The predicted molar refractivity (Wildman–Crippen MR) is 102 cm³/mol. The first-order chi connectivity index (χ1) is 12.7. The van der Waals surface area contributed by atoms with Gasteiger partial charge in [-0.25, -0.2) is 4.40 Å². The molecule has 0 saturated carbocycles. The van der Waals surface area contributed by atoms with Crippen molar-refractivity contribution in [2.24, 2.45) is 0 Å². The van der Waals surface area contributed by atoms with E-state index in [4.69, 9.17) is 27.9 Å². The van der Waals surface area contributed by atoms with Gasteiger partial charge in [0.05, 0.1) is 29.0 Å². The number of hydrogen-bond donors (Lipinski definition) is 0. The number of fused-ring (bicyclic) bond motifs is 1. The lowest BCUT2D eigenvalue weighted by molar-refractivity contribution is 0.304. The van der Waals surface area contributed by atoms with Gasteiger partial charge in [-0.15, -0.1) is 10.2 Å². The fourth-order valence-corrected chi connectivity index (χ4v) is 3.08. The molecule has 2 aromatic heterocycles. The number of rotatable bonds is 5. The maximum absolute atomic E-state index is 6.35. The van der Waals surface area contributed by atoms with Crippen LogP contribution in [0.25, 0.3) is 17.0 Å². The number of benzene rings is 2. The molecule has 0 atom stereocenters. The summed E-state index contributed by atoms with van der Waals surface area (Å²) >= 11 is 12.5. The van der Waals surface area contributed by atoms with Crippen molar-refractivity contribution >= 4 is 28.8 Å². The van der Waals surface area contributed by atoms with Crippen molar-refractivity contribution in [1.82, 2.24) is 19.6 Å². The van der Waals surface area contributed by atoms with E-state index >= 15 is 0 Å². The summed E-state index contributed by atoms with van der Waals surface area (Å²) in [5.41, 5.74) is 2.47. The topological polar surface area (TPSA) is 52.3 Å². The maximum Gasteiger partial charge on any atom is 0.220 e. The average molecular weight is 385 g/mol. The van der Waals surface area contributed by atoms with Gasteiger partial charge in [0, 0.05) is 12.0 Å². The molecule has 4 rings (SSSR count). The molecule has 2 heterocycles. The summed E-state index contributed by atoms with van der Waals surface area (Å²) in [5.74, 6) is 1.11. The van der Waals surface area contributed by atoms with Gasteiger partial charge in [-0.1, -0.05) is 59.6 Å². The van der Waals surface area contributed by atoms with Gasteiger partial charge in [-0.05, 0) is 17.7 Å². The SMILES string of the molecule is Clc1cccc(-c2nnc3cncc(OCCc4ccccc4)n23)c1Cl. The van der Waals surface area contributed by atoms with Crippen molar-refractivity contribution < 1.29 is 4.74 Å². The van der Waals surface area contributed by atoms with Crippen LogP contribution in [0, 0.1) is 0 Å². The van der Waals surface area contributed by atoms with E-state index in [1.807, 2.05) is 30.3 Å². The first-order valence-corrected chi connectivity index (χ1v) is 8.80. The molecule has 0 amide bonds. The zero-order valence-corrected chi connectivity index (χ0v) is 15.2. The van der Waals surface area contributed by atoms with Crippen LogP contribution in [0.3, 0.4) is 0 Å². The normalized spacial score (nSPS) is 11.0. The molecule has 0 spiro atoms. The molecule has 0 unspecified atom stereocenters. The highest BCUT2D eigenvalue weighted by Crippen LogP contribution is 2.33. The van der Waals surface area contributed by atoms with Crippen molar-refractivity contribution in [3.8, 4) is 17.3 Å². The van der Waals surface area contributed by atoms with E-state index in [9.17, 15) is 0 Å². The Hall–Kier alpha value is -2.63. The van der Waals surface area contributed by atoms with Gasteiger partial charge in [0.2, 0.25) is 5.88 Å². The van der Waals surface area contributed by atoms with Crippen molar-refractivity contribution in [2.75, 3.05) is 6.61 Å². The van der Waals surface area contributed by atoms with E-state index in [1.54, 1.807) is 22.9 Å². The van der Waals surface area contributed by atoms with Crippen molar-refractivity contribution in [1.29, 1.82) is 0 Å². The standard InChI is InChI=1S/C19H14Cl2N4O/c20-15-8-4-7-14(18(15)21)19-24-23-16-11-22-12-17(25(16)19)26-10-9-13-5-2-1-3-6-13/h1-8,11-12H,9-10H2. The third kappa shape index (κ3) is 3.23. The second-order valence-corrected chi connectivity index (χ2v) is 6.43. The van der Waals surface area contributed by atoms with Gasteiger partial charge in [0.15, 0.2) is 11.5 Å². The number of hydrogen-bond acceptors (Lipinski definition) is 4. The second kappa shape index (κ2) is 7.32. The molecular weight excluding hydrogens is 371 g/mol. The lowest BCUT2D eigenvalue weighted by Crippen LogP contribution is -2.06. The van der Waals surface area contributed by atoms with E-state index in [0.29, 0.717) is 39.6 Å². The highest BCUT2D eigenvalue weighted by molar-refractivity contribution is 6.43. The Bertz CT molecular complexity index is 1050. The third-order valence-corrected chi connectivity index (χ3v) is 4.78. The Morgan fingerprint density at radius 2 is 1.77 bits per heavy atom. The molecule has 0 aliphatic heterocycles. The Balaban J connectivity index is 1.67. The molecule has 26 heavy (non-hydrogen) atoms. The molecule has 0 aliphatic rings. The van der Waals surface area contributed by atoms with Crippen LogP contribution in [-0.2, 0) is 6.42 Å². The van der Waals surface area contributed by atoms with Crippen molar-refractivity contribution in [3.05, 3.63) is 76.5 Å². The summed E-state index contributed by atoms with van der Waals surface area (Å²) in [4.78, 5) is 4.18. The Morgan fingerprint density at radius 1 is 0.923 bits per heavy atom. The van der Waals surface area contributed by atoms with Gasteiger partial charge >= 0.3 is 0 Å². The van der Waals surface area contributed by atoms with Crippen molar-refractivity contribution in [3.63, 3.8) is 0 Å². The molecule has 0 radical (unpaired) electrons. The molecule has 130 valence electrons. The Kier molecular flexibility index (Phi) is 4.73. The Labute approximate surface area is 160 Å². The van der Waals surface area contributed by atoms with Gasteiger partial charge in [0.1, 0.15) is 0 Å². The molecule has 5 nitrogen and oxygen atoms in total. The highest BCUT2D eigenvalue weighted by atomic mass is 35.5. The van der Waals surface area contributed by atoms with E-state index in [1.165, 1.54) is 5.56 Å². The number of ether oxygens (including phenoxy) is 1. The smallest absolute Gasteiger partial charge is 0.220 e. The molecule has 0 fully saturated rings. The van der Waals surface area contributed by atoms with E-state index in [0.717, 1.165) is 6.42 Å². The van der Waals surface area contributed by atoms with E-state index in [-0.39, 0.29) is 0 Å². The summed E-state index contributed by atoms with van der Waals surface area (Å²) in [7, 11) is 0. The van der Waals surface area contributed by atoms with Gasteiger partial charge in [-0.3, -0.25) is 4.98 Å². The molecule has 7 heteroatoms. The zero-order chi connectivity index (χ0) is 17.9. The number of halogens is 2. The highest BCUT2D eigenvalue weighted by Gasteiger charge is 2.16. The molecule has 0 N–H and O–H groups in total. The van der Waals surface area contributed by atoms with Gasteiger partial charge in [0.25, 0.3) is 0 Å². The zero-order valence-electron chi connectivity index (χ0n) is 13.6. The lowest BCUT2D eigenvalue weighted by atomic mass is 10.2. The molecule has 0 aliphatic carbocycles. The predicted octanol–water partition coefficient (Wildman–Crippen LogP) is 4.72. The van der Waals surface area contributed by atoms with Crippen LogP contribution in [0.4, 0.5) is 0 Å². The first-order valence-electron chi connectivity index (χ1n) is 8.04. The van der Waals surface area contributed by atoms with Crippen LogP contribution in [0.2, 0.25) is 10.0 Å². The van der Waals surface area contributed by atoms with Gasteiger partial charge < -0.3 is 4.74 Å². The second-order valence-electron chi connectivity index (χ2n) is 5.65. The van der Waals surface area contributed by atoms with E-state index < -0.39 is 0 Å². The van der Waals surface area contributed by atoms with Crippen LogP contribution < -0.4 is 4.74 Å². The Morgan fingerprint density at radius 3 is 2.62 bits per heavy atom. The molecule has 4 aromatic rings. The quantitative estimate of drug-likeness (QED) is 0.499.